The van der Waals surface area contributed by atoms with Gasteiger partial charge >= 0.3 is 5.69 Å². The Balaban J connectivity index is 2.00. The zero-order chi connectivity index (χ0) is 21.7. The van der Waals surface area contributed by atoms with Gasteiger partial charge in [-0.1, -0.05) is 36.4 Å². The number of hydrazone groups is 1. The minimum absolute atomic E-state index is 0.0111. The molecular formula is C20H24N6O4. The van der Waals surface area contributed by atoms with E-state index in [0.717, 1.165) is 5.56 Å². The van der Waals surface area contributed by atoms with E-state index >= 15 is 0 Å². The number of benzene rings is 1. The van der Waals surface area contributed by atoms with E-state index < -0.39 is 17.4 Å². The maximum Gasteiger partial charge on any atom is 0.329 e. The van der Waals surface area contributed by atoms with E-state index in [9.17, 15) is 14.7 Å². The molecule has 3 rings (SSSR count). The summed E-state index contributed by atoms with van der Waals surface area (Å²) in [4.78, 5) is 31.0. The minimum Gasteiger partial charge on any atom is -0.389 e. The number of nitrogens with one attached hydrogen (secondary N) is 2. The monoisotopic (exact) mass is 412 g/mol. The molecule has 0 radical (unpaired) electrons. The second-order valence-corrected chi connectivity index (χ2v) is 6.69. The third-order valence-electron chi connectivity index (χ3n) is 4.46. The lowest BCUT2D eigenvalue weighted by Gasteiger charge is -2.14. The van der Waals surface area contributed by atoms with Crippen LogP contribution in [0.15, 0.2) is 57.7 Å². The van der Waals surface area contributed by atoms with Crippen LogP contribution in [0.1, 0.15) is 12.5 Å². The Kier molecular flexibility index (Phi) is 6.60. The number of anilines is 1. The standard InChI is InChI=1S/C20H24N6O4/c1-4-10-30-12-15(27)11-26-16-17(25(3)20(29)22-18(16)28)21-19(26)24-23-13(2)14-8-6-5-7-9-14/h4-9,15,27H,1,10-12H2,2-3H3,(H,21,24)(H,22,28,29). The van der Waals surface area contributed by atoms with Crippen LogP contribution < -0.4 is 16.7 Å². The number of hydrogen-bond donors (Lipinski definition) is 3. The highest BCUT2D eigenvalue weighted by Gasteiger charge is 2.19. The van der Waals surface area contributed by atoms with Crippen molar-refractivity contribution in [2.45, 2.75) is 19.6 Å². The number of imidazole rings is 1. The van der Waals surface area contributed by atoms with E-state index in [2.05, 4.69) is 27.1 Å². The van der Waals surface area contributed by atoms with Gasteiger partial charge < -0.3 is 14.4 Å². The number of nitrogens with zero attached hydrogens (tertiary/aromatic N) is 4. The lowest BCUT2D eigenvalue weighted by atomic mass is 10.1. The van der Waals surface area contributed by atoms with Crippen molar-refractivity contribution in [3.05, 3.63) is 69.4 Å². The molecule has 3 aromatic rings. The van der Waals surface area contributed by atoms with Crippen LogP contribution in [-0.2, 0) is 18.3 Å². The Morgan fingerprint density at radius 3 is 2.83 bits per heavy atom. The Bertz CT molecular complexity index is 1180. The first kappa shape index (κ1) is 21.2. The van der Waals surface area contributed by atoms with Gasteiger partial charge in [-0.05, 0) is 12.5 Å². The van der Waals surface area contributed by atoms with Gasteiger partial charge in [-0.2, -0.15) is 10.1 Å². The van der Waals surface area contributed by atoms with E-state index in [1.807, 2.05) is 37.3 Å². The summed E-state index contributed by atoms with van der Waals surface area (Å²) in [5.41, 5.74) is 3.61. The molecule has 0 saturated carbocycles. The number of ether oxygens (including phenoxy) is 1. The molecule has 1 aromatic carbocycles. The summed E-state index contributed by atoms with van der Waals surface area (Å²) in [6, 6.07) is 9.54. The summed E-state index contributed by atoms with van der Waals surface area (Å²) in [5, 5.41) is 14.7. The topological polar surface area (TPSA) is 127 Å². The fraction of sp³-hybridized carbons (Fsp3) is 0.300. The number of rotatable bonds is 9. The molecule has 10 heteroatoms. The van der Waals surface area contributed by atoms with E-state index in [-0.39, 0.29) is 30.3 Å². The predicted molar refractivity (Wildman–Crippen MR) is 115 cm³/mol. The van der Waals surface area contributed by atoms with Crippen molar-refractivity contribution >= 4 is 22.8 Å². The summed E-state index contributed by atoms with van der Waals surface area (Å²) in [6.07, 6.45) is 0.659. The maximum atomic E-state index is 12.5. The molecule has 1 unspecified atom stereocenters. The first-order valence-electron chi connectivity index (χ1n) is 9.34. The fourth-order valence-electron chi connectivity index (χ4n) is 2.93. The maximum absolute atomic E-state index is 12.5. The Morgan fingerprint density at radius 1 is 1.40 bits per heavy atom. The van der Waals surface area contributed by atoms with Crippen LogP contribution in [0.25, 0.3) is 11.2 Å². The highest BCUT2D eigenvalue weighted by atomic mass is 16.5. The largest absolute Gasteiger partial charge is 0.389 e. The molecule has 1 atom stereocenters. The van der Waals surface area contributed by atoms with E-state index in [1.165, 1.54) is 16.2 Å². The average molecular weight is 412 g/mol. The number of H-pyrrole nitrogens is 1. The minimum atomic E-state index is -0.918. The van der Waals surface area contributed by atoms with Crippen molar-refractivity contribution in [3.8, 4) is 0 Å². The van der Waals surface area contributed by atoms with Gasteiger partial charge in [0.15, 0.2) is 11.2 Å². The Morgan fingerprint density at radius 2 is 2.13 bits per heavy atom. The molecule has 30 heavy (non-hydrogen) atoms. The number of hydrogen-bond acceptors (Lipinski definition) is 7. The third-order valence-corrected chi connectivity index (χ3v) is 4.46. The van der Waals surface area contributed by atoms with Gasteiger partial charge in [0.25, 0.3) is 5.56 Å². The normalized spacial score (nSPS) is 12.8. The van der Waals surface area contributed by atoms with Crippen molar-refractivity contribution in [1.82, 2.24) is 19.1 Å². The molecule has 3 N–H and O–H groups in total. The zero-order valence-corrected chi connectivity index (χ0v) is 16.8. The zero-order valence-electron chi connectivity index (χ0n) is 16.8. The number of aliphatic hydroxyl groups is 1. The van der Waals surface area contributed by atoms with E-state index in [1.54, 1.807) is 6.08 Å². The quantitative estimate of drug-likeness (QED) is 0.207. The van der Waals surface area contributed by atoms with Gasteiger partial charge in [0.1, 0.15) is 0 Å². The highest BCUT2D eigenvalue weighted by molar-refractivity contribution is 5.99. The molecule has 0 aliphatic carbocycles. The lowest BCUT2D eigenvalue weighted by Crippen LogP contribution is -2.30. The van der Waals surface area contributed by atoms with Crippen LogP contribution in [0.4, 0.5) is 5.95 Å². The van der Waals surface area contributed by atoms with Crippen molar-refractivity contribution in [1.29, 1.82) is 0 Å². The van der Waals surface area contributed by atoms with Crippen LogP contribution >= 0.6 is 0 Å². The predicted octanol–water partition coefficient (Wildman–Crippen LogP) is 0.823. The van der Waals surface area contributed by atoms with Crippen molar-refractivity contribution in [3.63, 3.8) is 0 Å². The summed E-state index contributed by atoms with van der Waals surface area (Å²) in [7, 11) is 1.50. The summed E-state index contributed by atoms with van der Waals surface area (Å²) in [5.74, 6) is 0.217. The van der Waals surface area contributed by atoms with Crippen molar-refractivity contribution < 1.29 is 9.84 Å². The highest BCUT2D eigenvalue weighted by Crippen LogP contribution is 2.16. The number of aromatic amines is 1. The van der Waals surface area contributed by atoms with Gasteiger partial charge in [-0.15, -0.1) is 6.58 Å². The molecule has 10 nitrogen and oxygen atoms in total. The smallest absolute Gasteiger partial charge is 0.329 e. The average Bonchev–Trinajstić information content (AvgIpc) is 3.10. The van der Waals surface area contributed by atoms with E-state index in [0.29, 0.717) is 12.3 Å². The van der Waals surface area contributed by atoms with Gasteiger partial charge in [0.05, 0.1) is 31.6 Å². The molecule has 0 saturated heterocycles. The number of aryl methyl sites for hydroxylation is 1. The Labute approximate surface area is 172 Å². The number of fused-ring (bicyclic) bond motifs is 1. The first-order valence-corrected chi connectivity index (χ1v) is 9.34. The van der Waals surface area contributed by atoms with Gasteiger partial charge in [-0.3, -0.25) is 14.3 Å². The molecule has 158 valence electrons. The molecular weight excluding hydrogens is 388 g/mol. The first-order chi connectivity index (χ1) is 14.4. The third kappa shape index (κ3) is 4.56. The lowest BCUT2D eigenvalue weighted by molar-refractivity contribution is 0.0405. The van der Waals surface area contributed by atoms with Crippen LogP contribution in [-0.4, -0.2) is 49.2 Å². The van der Waals surface area contributed by atoms with Gasteiger partial charge in [0, 0.05) is 7.05 Å². The summed E-state index contributed by atoms with van der Waals surface area (Å²) < 4.78 is 8.00. The van der Waals surface area contributed by atoms with E-state index in [4.69, 9.17) is 4.74 Å². The second kappa shape index (κ2) is 9.33. The molecule has 0 bridgehead atoms. The fourth-order valence-corrected chi connectivity index (χ4v) is 2.93. The van der Waals surface area contributed by atoms with Crippen molar-refractivity contribution in [2.75, 3.05) is 18.6 Å². The molecule has 0 aliphatic rings. The summed E-state index contributed by atoms with van der Waals surface area (Å²) in [6.45, 7) is 5.74. The van der Waals surface area contributed by atoms with Gasteiger partial charge in [-0.25, -0.2) is 10.2 Å². The SMILES string of the molecule is C=CCOCC(O)Cn1c(NN=C(C)c2ccccc2)nc2c1c(=O)[nH]c(=O)n2C. The summed E-state index contributed by atoms with van der Waals surface area (Å²) >= 11 is 0. The van der Waals surface area contributed by atoms with Crippen molar-refractivity contribution in [2.24, 2.45) is 12.1 Å². The van der Waals surface area contributed by atoms with Gasteiger partial charge in [0.2, 0.25) is 5.95 Å². The molecule has 2 aromatic heterocycles. The second-order valence-electron chi connectivity index (χ2n) is 6.69. The van der Waals surface area contributed by atoms with Crippen LogP contribution in [0.2, 0.25) is 0 Å². The van der Waals surface area contributed by atoms with Crippen LogP contribution in [0.3, 0.4) is 0 Å². The molecule has 0 amide bonds. The van der Waals surface area contributed by atoms with Crippen LogP contribution in [0.5, 0.6) is 0 Å². The van der Waals surface area contributed by atoms with Crippen LogP contribution in [0, 0.1) is 0 Å². The molecule has 2 heterocycles. The molecule has 0 spiro atoms. The number of aromatic nitrogens is 4. The Hall–Kier alpha value is -3.50. The number of aliphatic hydroxyl groups excluding tert-OH is 1. The molecule has 0 fully saturated rings. The molecule has 0 aliphatic heterocycles.